The molecule has 0 aliphatic carbocycles. The van der Waals surface area contributed by atoms with Gasteiger partial charge in [-0.25, -0.2) is 5.84 Å². The Morgan fingerprint density at radius 2 is 1.43 bits per heavy atom. The molecule has 1 amide bonds. The van der Waals surface area contributed by atoms with Crippen LogP contribution < -0.4 is 11.3 Å². The van der Waals surface area contributed by atoms with Crippen molar-refractivity contribution in [2.75, 3.05) is 0 Å². The van der Waals surface area contributed by atoms with E-state index in [4.69, 9.17) is 5.84 Å². The normalized spacial score (nSPS) is 11.5. The minimum Gasteiger partial charge on any atom is -0.295 e. The van der Waals surface area contributed by atoms with Crippen molar-refractivity contribution in [2.45, 2.75) is 84.5 Å². The van der Waals surface area contributed by atoms with Gasteiger partial charge in [-0.2, -0.15) is 0 Å². The fourth-order valence-electron chi connectivity index (χ4n) is 2.39. The summed E-state index contributed by atoms with van der Waals surface area (Å²) in [6, 6.07) is 0. The van der Waals surface area contributed by atoms with Gasteiger partial charge < -0.3 is 0 Å². The third-order valence-corrected chi connectivity index (χ3v) is 3.64. The molecule has 0 spiro atoms. The Balaban J connectivity index is 3.52. The van der Waals surface area contributed by atoms with Gasteiger partial charge in [0.2, 0.25) is 5.91 Å². The second kappa shape index (κ2) is 13.8. The molecule has 0 unspecified atom stereocenters. The molecule has 21 heavy (non-hydrogen) atoms. The highest BCUT2D eigenvalue weighted by Crippen LogP contribution is 2.15. The summed E-state index contributed by atoms with van der Waals surface area (Å²) >= 11 is 0. The minimum atomic E-state index is -0.0779. The zero-order valence-corrected chi connectivity index (χ0v) is 13.7. The summed E-state index contributed by atoms with van der Waals surface area (Å²) in [5.74, 6) is 5.24. The molecule has 0 fully saturated rings. The summed E-state index contributed by atoms with van der Waals surface area (Å²) in [6.45, 7) is 4.00. The van der Waals surface area contributed by atoms with Gasteiger partial charge in [-0.05, 0) is 31.3 Å². The fourth-order valence-corrected chi connectivity index (χ4v) is 2.39. The van der Waals surface area contributed by atoms with Gasteiger partial charge in [-0.1, -0.05) is 52.0 Å². The molecule has 122 valence electrons. The lowest BCUT2D eigenvalue weighted by atomic mass is 10.00. The Morgan fingerprint density at radius 3 is 1.90 bits per heavy atom. The molecule has 0 aromatic carbocycles. The van der Waals surface area contributed by atoms with Crippen molar-refractivity contribution in [3.8, 4) is 0 Å². The average molecular weight is 296 g/mol. The molecule has 0 radical (unpaired) electrons. The van der Waals surface area contributed by atoms with E-state index in [9.17, 15) is 9.59 Å². The van der Waals surface area contributed by atoms with Crippen LogP contribution in [0.2, 0.25) is 0 Å². The van der Waals surface area contributed by atoms with Crippen molar-refractivity contribution in [3.63, 3.8) is 0 Å². The number of carbonyl (C=O) groups excluding carboxylic acids is 2. The number of hydrogen-bond acceptors (Lipinski definition) is 3. The van der Waals surface area contributed by atoms with Gasteiger partial charge in [0.05, 0.1) is 0 Å². The molecule has 0 saturated heterocycles. The molecular formula is C17H32N2O2. The third-order valence-electron chi connectivity index (χ3n) is 3.64. The summed E-state index contributed by atoms with van der Waals surface area (Å²) in [7, 11) is 0. The van der Waals surface area contributed by atoms with Crippen molar-refractivity contribution >= 4 is 11.7 Å². The van der Waals surface area contributed by atoms with Gasteiger partial charge >= 0.3 is 0 Å². The van der Waals surface area contributed by atoms with E-state index in [0.29, 0.717) is 18.6 Å². The molecule has 4 heteroatoms. The minimum absolute atomic E-state index is 0.0779. The molecule has 0 aliphatic rings. The maximum atomic E-state index is 11.7. The number of hydrogen-bond donors (Lipinski definition) is 2. The predicted molar refractivity (Wildman–Crippen MR) is 87.6 cm³/mol. The van der Waals surface area contributed by atoms with Crippen molar-refractivity contribution < 1.29 is 9.59 Å². The average Bonchev–Trinajstić information content (AvgIpc) is 2.50. The largest absolute Gasteiger partial charge is 0.295 e. The third kappa shape index (κ3) is 11.2. The highest BCUT2D eigenvalue weighted by atomic mass is 16.2. The molecule has 0 bridgehead atoms. The molecule has 4 nitrogen and oxygen atoms in total. The number of carbonyl (C=O) groups is 2. The number of nitrogens with two attached hydrogens (primary N) is 1. The number of rotatable bonds is 13. The van der Waals surface area contributed by atoms with E-state index >= 15 is 0 Å². The number of hydrazine groups is 1. The van der Waals surface area contributed by atoms with Crippen LogP contribution in [0.4, 0.5) is 0 Å². The van der Waals surface area contributed by atoms with Crippen molar-refractivity contribution in [2.24, 2.45) is 5.84 Å². The van der Waals surface area contributed by atoms with E-state index in [1.54, 1.807) is 0 Å². The van der Waals surface area contributed by atoms with E-state index in [1.807, 2.05) is 6.92 Å². The summed E-state index contributed by atoms with van der Waals surface area (Å²) in [5.41, 5.74) is 3.17. The molecule has 0 aromatic heterocycles. The first-order valence-corrected chi connectivity index (χ1v) is 8.37. The number of amides is 1. The van der Waals surface area contributed by atoms with E-state index in [1.165, 1.54) is 25.7 Å². The quantitative estimate of drug-likeness (QED) is 0.178. The lowest BCUT2D eigenvalue weighted by molar-refractivity contribution is -0.121. The van der Waals surface area contributed by atoms with E-state index in [2.05, 4.69) is 18.4 Å². The number of allylic oxidation sites excluding steroid dienone is 2. The molecule has 0 aliphatic heterocycles. The standard InChI is InChI=1S/C17H32N2O2/c1-3-12-15(16(20)4-2)13-10-8-6-5-7-9-11-14-17(21)19-18/h12H,3-11,13-14,18H2,1-2H3,(H,19,21). The number of ketones is 1. The van der Waals surface area contributed by atoms with Crippen molar-refractivity contribution in [3.05, 3.63) is 11.6 Å². The van der Waals surface area contributed by atoms with Gasteiger partial charge in [-0.3, -0.25) is 15.0 Å². The van der Waals surface area contributed by atoms with E-state index < -0.39 is 0 Å². The Labute approximate surface area is 129 Å². The molecule has 3 N–H and O–H groups in total. The Morgan fingerprint density at radius 1 is 0.905 bits per heavy atom. The molecule has 0 rings (SSSR count). The molecule has 0 aromatic rings. The van der Waals surface area contributed by atoms with Crippen LogP contribution in [0.5, 0.6) is 0 Å². The lowest BCUT2D eigenvalue weighted by Crippen LogP contribution is -2.29. The van der Waals surface area contributed by atoms with Crippen LogP contribution in [0.1, 0.15) is 84.5 Å². The van der Waals surface area contributed by atoms with Crippen LogP contribution in [0.25, 0.3) is 0 Å². The van der Waals surface area contributed by atoms with Gasteiger partial charge in [0.1, 0.15) is 0 Å². The first kappa shape index (κ1) is 19.8. The van der Waals surface area contributed by atoms with Crippen LogP contribution in [0.3, 0.4) is 0 Å². The number of unbranched alkanes of at least 4 members (excludes halogenated alkanes) is 6. The predicted octanol–water partition coefficient (Wildman–Crippen LogP) is 3.80. The molecule has 0 atom stereocenters. The summed E-state index contributed by atoms with van der Waals surface area (Å²) in [4.78, 5) is 22.6. The van der Waals surface area contributed by atoms with Crippen molar-refractivity contribution in [1.82, 2.24) is 5.43 Å². The van der Waals surface area contributed by atoms with Crippen LogP contribution in [0, 0.1) is 0 Å². The highest BCUT2D eigenvalue weighted by Gasteiger charge is 2.05. The monoisotopic (exact) mass is 296 g/mol. The second-order valence-electron chi connectivity index (χ2n) is 5.46. The first-order chi connectivity index (χ1) is 10.2. The van der Waals surface area contributed by atoms with Gasteiger partial charge in [-0.15, -0.1) is 0 Å². The SMILES string of the molecule is CCC=C(CCCCCCCCCC(=O)NN)C(=O)CC. The number of nitrogens with one attached hydrogen (secondary N) is 1. The smallest absolute Gasteiger partial charge is 0.233 e. The maximum absolute atomic E-state index is 11.7. The fraction of sp³-hybridized carbons (Fsp3) is 0.765. The van der Waals surface area contributed by atoms with Crippen LogP contribution in [-0.2, 0) is 9.59 Å². The topological polar surface area (TPSA) is 72.2 Å². The van der Waals surface area contributed by atoms with Gasteiger partial charge in [0.25, 0.3) is 0 Å². The van der Waals surface area contributed by atoms with Gasteiger partial charge in [0, 0.05) is 12.8 Å². The zero-order valence-electron chi connectivity index (χ0n) is 13.7. The lowest BCUT2D eigenvalue weighted by Gasteiger charge is -2.05. The first-order valence-electron chi connectivity index (χ1n) is 8.37. The van der Waals surface area contributed by atoms with Crippen LogP contribution in [0.15, 0.2) is 11.6 Å². The van der Waals surface area contributed by atoms with E-state index in [0.717, 1.165) is 37.7 Å². The van der Waals surface area contributed by atoms with Crippen LogP contribution >= 0.6 is 0 Å². The van der Waals surface area contributed by atoms with Crippen LogP contribution in [-0.4, -0.2) is 11.7 Å². The molecule has 0 saturated carbocycles. The molecular weight excluding hydrogens is 264 g/mol. The van der Waals surface area contributed by atoms with Crippen molar-refractivity contribution in [1.29, 1.82) is 0 Å². The maximum Gasteiger partial charge on any atom is 0.233 e. The Hall–Kier alpha value is -1.16. The van der Waals surface area contributed by atoms with E-state index in [-0.39, 0.29) is 5.91 Å². The summed E-state index contributed by atoms with van der Waals surface area (Å²) in [5, 5.41) is 0. The highest BCUT2D eigenvalue weighted by molar-refractivity contribution is 5.94. The Bertz CT molecular complexity index is 325. The molecule has 0 heterocycles. The van der Waals surface area contributed by atoms with Gasteiger partial charge in [0.15, 0.2) is 5.78 Å². The number of Topliss-reactive ketones (excluding diaryl/α,β-unsaturated/α-hetero) is 1. The second-order valence-corrected chi connectivity index (χ2v) is 5.46. The summed E-state index contributed by atoms with van der Waals surface area (Å²) in [6.07, 6.45) is 13.0. The zero-order chi connectivity index (χ0) is 15.9. The Kier molecular flexibility index (Phi) is 13.0. The summed E-state index contributed by atoms with van der Waals surface area (Å²) < 4.78 is 0.